The van der Waals surface area contributed by atoms with Gasteiger partial charge in [0.05, 0.1) is 0 Å². The Morgan fingerprint density at radius 1 is 0.857 bits per heavy atom. The molecule has 0 saturated heterocycles. The van der Waals surface area contributed by atoms with E-state index in [1.165, 1.54) is 0 Å². The van der Waals surface area contributed by atoms with Crippen LogP contribution in [0.5, 0.6) is 0 Å². The molecule has 0 atom stereocenters. The average molecular weight is 276 g/mol. The van der Waals surface area contributed by atoms with Crippen LogP contribution in [-0.2, 0) is 6.42 Å². The molecule has 21 heavy (non-hydrogen) atoms. The van der Waals surface area contributed by atoms with Gasteiger partial charge in [0.15, 0.2) is 0 Å². The summed E-state index contributed by atoms with van der Waals surface area (Å²) < 4.78 is 0. The molecule has 2 N–H and O–H groups in total. The third-order valence-corrected chi connectivity index (χ3v) is 3.52. The van der Waals surface area contributed by atoms with Crippen LogP contribution < -0.4 is 5.73 Å². The summed E-state index contributed by atoms with van der Waals surface area (Å²) >= 11 is 0. The van der Waals surface area contributed by atoms with Crippen molar-refractivity contribution in [1.29, 1.82) is 0 Å². The fourth-order valence-electron chi connectivity index (χ4n) is 2.44. The van der Waals surface area contributed by atoms with Crippen LogP contribution in [0, 0.1) is 0 Å². The zero-order chi connectivity index (χ0) is 14.5. The number of anilines is 1. The number of aromatic nitrogens is 3. The zero-order valence-electron chi connectivity index (χ0n) is 11.6. The molecule has 3 rings (SSSR count). The Morgan fingerprint density at radius 2 is 1.48 bits per heavy atom. The van der Waals surface area contributed by atoms with Crippen LogP contribution in [0.15, 0.2) is 67.4 Å². The first-order valence-corrected chi connectivity index (χ1v) is 6.84. The maximum Gasteiger partial charge on any atom is 0.126 e. The molecule has 0 aromatic carbocycles. The van der Waals surface area contributed by atoms with Crippen molar-refractivity contribution in [3.05, 3.63) is 84.1 Å². The molecule has 0 fully saturated rings. The van der Waals surface area contributed by atoms with E-state index in [-0.39, 0.29) is 5.92 Å². The summed E-state index contributed by atoms with van der Waals surface area (Å²) in [5, 5.41) is 0. The Bertz CT molecular complexity index is 659. The molecule has 3 heterocycles. The van der Waals surface area contributed by atoms with E-state index in [1.807, 2.05) is 36.7 Å². The fourth-order valence-corrected chi connectivity index (χ4v) is 2.44. The van der Waals surface area contributed by atoms with Crippen LogP contribution in [0.25, 0.3) is 0 Å². The summed E-state index contributed by atoms with van der Waals surface area (Å²) in [7, 11) is 0. The first-order valence-electron chi connectivity index (χ1n) is 6.84. The lowest BCUT2D eigenvalue weighted by atomic mass is 9.88. The Labute approximate surface area is 123 Å². The number of hydrogen-bond donors (Lipinski definition) is 1. The second-order valence-corrected chi connectivity index (χ2v) is 4.88. The maximum atomic E-state index is 5.98. The average Bonchev–Trinajstić information content (AvgIpc) is 2.56. The van der Waals surface area contributed by atoms with Gasteiger partial charge in [-0.15, -0.1) is 0 Å². The molecule has 4 nitrogen and oxygen atoms in total. The number of nitrogens with zero attached hydrogens (tertiary/aromatic N) is 3. The molecule has 104 valence electrons. The van der Waals surface area contributed by atoms with Gasteiger partial charge in [0.2, 0.25) is 0 Å². The van der Waals surface area contributed by atoms with E-state index in [4.69, 9.17) is 5.73 Å². The molecule has 0 radical (unpaired) electrons. The quantitative estimate of drug-likeness (QED) is 0.795. The molecule has 0 bridgehead atoms. The van der Waals surface area contributed by atoms with Crippen molar-refractivity contribution < 1.29 is 0 Å². The number of hydrogen-bond acceptors (Lipinski definition) is 4. The predicted molar refractivity (Wildman–Crippen MR) is 82.7 cm³/mol. The van der Waals surface area contributed by atoms with Gasteiger partial charge in [-0.25, -0.2) is 4.98 Å². The standard InChI is InChI=1S/C17H16N4/c18-17-13(4-3-9-21-17)10-16(14-5-1-7-19-11-14)15-6-2-8-20-12-15/h1-9,11-12,16H,10H2,(H2,18,21). The first kappa shape index (κ1) is 13.2. The molecule has 0 aliphatic carbocycles. The molecule has 4 heteroatoms. The van der Waals surface area contributed by atoms with Crippen molar-refractivity contribution in [1.82, 2.24) is 15.0 Å². The lowest BCUT2D eigenvalue weighted by Crippen LogP contribution is -2.08. The largest absolute Gasteiger partial charge is 0.383 e. The summed E-state index contributed by atoms with van der Waals surface area (Å²) in [5.41, 5.74) is 9.31. The number of pyridine rings is 3. The van der Waals surface area contributed by atoms with Gasteiger partial charge in [-0.2, -0.15) is 0 Å². The molecule has 0 spiro atoms. The molecule has 0 aliphatic rings. The van der Waals surface area contributed by atoms with Gasteiger partial charge < -0.3 is 5.73 Å². The third-order valence-electron chi connectivity index (χ3n) is 3.52. The minimum Gasteiger partial charge on any atom is -0.383 e. The fraction of sp³-hybridized carbons (Fsp3) is 0.118. The normalized spacial score (nSPS) is 10.7. The summed E-state index contributed by atoms with van der Waals surface area (Å²) in [5.74, 6) is 0.745. The molecule has 0 amide bonds. The van der Waals surface area contributed by atoms with E-state index in [9.17, 15) is 0 Å². The van der Waals surface area contributed by atoms with Crippen LogP contribution >= 0.6 is 0 Å². The van der Waals surface area contributed by atoms with E-state index >= 15 is 0 Å². The van der Waals surface area contributed by atoms with E-state index in [1.54, 1.807) is 18.6 Å². The smallest absolute Gasteiger partial charge is 0.126 e. The van der Waals surface area contributed by atoms with E-state index in [0.717, 1.165) is 23.1 Å². The van der Waals surface area contributed by atoms with E-state index in [2.05, 4.69) is 27.1 Å². The molecule has 0 unspecified atom stereocenters. The lowest BCUT2D eigenvalue weighted by molar-refractivity contribution is 0.793. The van der Waals surface area contributed by atoms with Crippen molar-refractivity contribution >= 4 is 5.82 Å². The van der Waals surface area contributed by atoms with Crippen molar-refractivity contribution in [3.63, 3.8) is 0 Å². The molecular formula is C17H16N4. The summed E-state index contributed by atoms with van der Waals surface area (Å²) in [6.45, 7) is 0. The van der Waals surface area contributed by atoms with Crippen LogP contribution in [0.2, 0.25) is 0 Å². The Balaban J connectivity index is 1.99. The maximum absolute atomic E-state index is 5.98. The molecule has 0 aliphatic heterocycles. The Hall–Kier alpha value is -2.75. The molecule has 3 aromatic heterocycles. The van der Waals surface area contributed by atoms with Crippen molar-refractivity contribution in [2.24, 2.45) is 0 Å². The first-order chi connectivity index (χ1) is 10.3. The van der Waals surface area contributed by atoms with Crippen molar-refractivity contribution in [2.75, 3.05) is 5.73 Å². The Morgan fingerprint density at radius 3 is 2.00 bits per heavy atom. The summed E-state index contributed by atoms with van der Waals surface area (Å²) in [6.07, 6.45) is 9.83. The number of nitrogen functional groups attached to an aromatic ring is 1. The van der Waals surface area contributed by atoms with Crippen LogP contribution in [0.3, 0.4) is 0 Å². The summed E-state index contributed by atoms with van der Waals surface area (Å²) in [6, 6.07) is 12.0. The second-order valence-electron chi connectivity index (χ2n) is 4.88. The minimum absolute atomic E-state index is 0.166. The SMILES string of the molecule is Nc1ncccc1CC(c1cccnc1)c1cccnc1. The van der Waals surface area contributed by atoms with Gasteiger partial charge in [0, 0.05) is 36.9 Å². The highest BCUT2D eigenvalue weighted by Crippen LogP contribution is 2.28. The van der Waals surface area contributed by atoms with Crippen molar-refractivity contribution in [2.45, 2.75) is 12.3 Å². The minimum atomic E-state index is 0.166. The highest BCUT2D eigenvalue weighted by molar-refractivity contribution is 5.42. The Kier molecular flexibility index (Phi) is 3.87. The third kappa shape index (κ3) is 3.05. The number of nitrogens with two attached hydrogens (primary N) is 1. The van der Waals surface area contributed by atoms with E-state index in [0.29, 0.717) is 5.82 Å². The van der Waals surface area contributed by atoms with Crippen LogP contribution in [-0.4, -0.2) is 15.0 Å². The van der Waals surface area contributed by atoms with Crippen LogP contribution in [0.4, 0.5) is 5.82 Å². The van der Waals surface area contributed by atoms with Gasteiger partial charge in [0.25, 0.3) is 0 Å². The van der Waals surface area contributed by atoms with Gasteiger partial charge in [-0.05, 0) is 41.3 Å². The molecular weight excluding hydrogens is 260 g/mol. The van der Waals surface area contributed by atoms with Gasteiger partial charge in [-0.3, -0.25) is 9.97 Å². The topological polar surface area (TPSA) is 64.7 Å². The van der Waals surface area contributed by atoms with E-state index < -0.39 is 0 Å². The highest BCUT2D eigenvalue weighted by Gasteiger charge is 2.16. The monoisotopic (exact) mass is 276 g/mol. The van der Waals surface area contributed by atoms with Gasteiger partial charge >= 0.3 is 0 Å². The van der Waals surface area contributed by atoms with Gasteiger partial charge in [-0.1, -0.05) is 18.2 Å². The summed E-state index contributed by atoms with van der Waals surface area (Å²) in [4.78, 5) is 12.6. The van der Waals surface area contributed by atoms with Gasteiger partial charge in [0.1, 0.15) is 5.82 Å². The zero-order valence-corrected chi connectivity index (χ0v) is 11.6. The predicted octanol–water partition coefficient (Wildman–Crippen LogP) is 2.83. The highest BCUT2D eigenvalue weighted by atomic mass is 14.8. The molecule has 0 saturated carbocycles. The number of rotatable bonds is 4. The van der Waals surface area contributed by atoms with Crippen LogP contribution in [0.1, 0.15) is 22.6 Å². The van der Waals surface area contributed by atoms with Crippen molar-refractivity contribution in [3.8, 4) is 0 Å². The second kappa shape index (κ2) is 6.13. The molecule has 3 aromatic rings. The lowest BCUT2D eigenvalue weighted by Gasteiger charge is -2.18.